The Bertz CT molecular complexity index is 3510. The van der Waals surface area contributed by atoms with Crippen LogP contribution in [0.2, 0.25) is 0 Å². The second-order valence-corrected chi connectivity index (χ2v) is 16.0. The SMILES string of the molecule is c1ccc(C2(c3ccccc3)c3ccccc3-c3c(-c4ccc5oc6ccccc6c5c4)cc4ccc(-c5cc6ccc7cccc8ccc(c5)c6c78)cc4c32)cc1. The van der Waals surface area contributed by atoms with Crippen LogP contribution >= 0.6 is 0 Å². The molecule has 13 rings (SSSR count). The van der Waals surface area contributed by atoms with Crippen molar-refractivity contribution in [2.24, 2.45) is 0 Å². The van der Waals surface area contributed by atoms with Crippen LogP contribution in [0.4, 0.5) is 0 Å². The fourth-order valence-electron chi connectivity index (χ4n) is 10.6. The molecular weight excluding hydrogens is 701 g/mol. The summed E-state index contributed by atoms with van der Waals surface area (Å²) < 4.78 is 6.33. The standard InChI is InChI=1S/C57H34O/c1-3-14-43(15-4-1)57(44-16-5-2-6-17-44)50-20-9-7-19-46(50)55-47(38-28-29-52-49(34-38)45-18-8-10-21-51(45)58-52)33-39-25-24-37(32-48(39)56(55)57)42-30-40-26-22-35-12-11-13-36-23-27-41(31-42)54(40)53(35)36/h1-34H. The van der Waals surface area contributed by atoms with Crippen molar-refractivity contribution in [1.29, 1.82) is 0 Å². The largest absolute Gasteiger partial charge is 0.456 e. The van der Waals surface area contributed by atoms with Crippen molar-refractivity contribution in [3.05, 3.63) is 229 Å². The lowest BCUT2D eigenvalue weighted by atomic mass is 9.66. The molecule has 11 aromatic carbocycles. The summed E-state index contributed by atoms with van der Waals surface area (Å²) in [5.41, 5.74) is 13.8. The first kappa shape index (κ1) is 31.7. The summed E-state index contributed by atoms with van der Waals surface area (Å²) in [5, 5.41) is 12.6. The van der Waals surface area contributed by atoms with Crippen molar-refractivity contribution in [1.82, 2.24) is 0 Å². The molecule has 1 heterocycles. The molecule has 0 saturated heterocycles. The van der Waals surface area contributed by atoms with E-state index in [0.717, 1.165) is 21.9 Å². The average Bonchev–Trinajstić information content (AvgIpc) is 3.82. The molecule has 0 amide bonds. The number of hydrogen-bond donors (Lipinski definition) is 0. The molecule has 268 valence electrons. The Hall–Kier alpha value is -7.48. The molecule has 0 atom stereocenters. The van der Waals surface area contributed by atoms with Crippen LogP contribution < -0.4 is 0 Å². The molecule has 1 aromatic heterocycles. The maximum atomic E-state index is 6.33. The smallest absolute Gasteiger partial charge is 0.135 e. The van der Waals surface area contributed by atoms with Crippen molar-refractivity contribution in [3.8, 4) is 33.4 Å². The van der Waals surface area contributed by atoms with Crippen molar-refractivity contribution >= 4 is 65.0 Å². The number of benzene rings is 11. The summed E-state index contributed by atoms with van der Waals surface area (Å²) in [6, 6.07) is 76.7. The van der Waals surface area contributed by atoms with Crippen LogP contribution in [0, 0.1) is 0 Å². The van der Waals surface area contributed by atoms with Crippen molar-refractivity contribution < 1.29 is 4.42 Å². The van der Waals surface area contributed by atoms with Crippen molar-refractivity contribution in [2.75, 3.05) is 0 Å². The van der Waals surface area contributed by atoms with E-state index in [1.807, 2.05) is 6.07 Å². The molecule has 58 heavy (non-hydrogen) atoms. The molecule has 0 bridgehead atoms. The molecule has 0 N–H and O–H groups in total. The predicted octanol–water partition coefficient (Wildman–Crippen LogP) is 15.3. The summed E-state index contributed by atoms with van der Waals surface area (Å²) in [4.78, 5) is 0. The van der Waals surface area contributed by atoms with Gasteiger partial charge in [-0.1, -0.05) is 164 Å². The van der Waals surface area contributed by atoms with Crippen LogP contribution in [-0.2, 0) is 5.41 Å². The fourth-order valence-corrected chi connectivity index (χ4v) is 10.6. The molecule has 0 aliphatic heterocycles. The van der Waals surface area contributed by atoms with E-state index >= 15 is 0 Å². The third-order valence-electron chi connectivity index (χ3n) is 13.0. The van der Waals surface area contributed by atoms with Gasteiger partial charge in [-0.05, 0) is 141 Å². The van der Waals surface area contributed by atoms with Gasteiger partial charge in [0.15, 0.2) is 0 Å². The molecule has 0 radical (unpaired) electrons. The molecule has 1 nitrogen and oxygen atoms in total. The van der Waals surface area contributed by atoms with E-state index in [9.17, 15) is 0 Å². The molecule has 0 saturated carbocycles. The number of para-hydroxylation sites is 1. The molecular formula is C57H34O. The first-order valence-electron chi connectivity index (χ1n) is 20.2. The molecule has 0 spiro atoms. The quantitative estimate of drug-likeness (QED) is 0.164. The van der Waals surface area contributed by atoms with Crippen molar-refractivity contribution in [3.63, 3.8) is 0 Å². The zero-order valence-electron chi connectivity index (χ0n) is 31.5. The Morgan fingerprint density at radius 1 is 0.328 bits per heavy atom. The lowest BCUT2D eigenvalue weighted by Gasteiger charge is -2.35. The summed E-state index contributed by atoms with van der Waals surface area (Å²) in [7, 11) is 0. The maximum absolute atomic E-state index is 6.33. The number of fused-ring (bicyclic) bond motifs is 8. The highest BCUT2D eigenvalue weighted by atomic mass is 16.3. The Morgan fingerprint density at radius 3 is 1.67 bits per heavy atom. The van der Waals surface area contributed by atoms with Gasteiger partial charge in [0.05, 0.1) is 5.41 Å². The van der Waals surface area contributed by atoms with Gasteiger partial charge in [0.2, 0.25) is 0 Å². The minimum Gasteiger partial charge on any atom is -0.456 e. The summed E-state index contributed by atoms with van der Waals surface area (Å²) in [6.07, 6.45) is 0. The van der Waals surface area contributed by atoms with Gasteiger partial charge in [-0.3, -0.25) is 0 Å². The van der Waals surface area contributed by atoms with Gasteiger partial charge in [0.25, 0.3) is 0 Å². The summed E-state index contributed by atoms with van der Waals surface area (Å²) in [6.45, 7) is 0. The van der Waals surface area contributed by atoms with E-state index in [4.69, 9.17) is 4.42 Å². The zero-order valence-corrected chi connectivity index (χ0v) is 31.5. The topological polar surface area (TPSA) is 13.1 Å². The van der Waals surface area contributed by atoms with Crippen molar-refractivity contribution in [2.45, 2.75) is 5.41 Å². The highest BCUT2D eigenvalue weighted by Gasteiger charge is 2.48. The number of rotatable bonds is 4. The van der Waals surface area contributed by atoms with E-state index in [2.05, 4.69) is 200 Å². The normalized spacial score (nSPS) is 13.3. The van der Waals surface area contributed by atoms with Gasteiger partial charge < -0.3 is 4.42 Å². The average molecular weight is 735 g/mol. The molecule has 0 fully saturated rings. The lowest BCUT2D eigenvalue weighted by molar-refractivity contribution is 0.669. The monoisotopic (exact) mass is 734 g/mol. The van der Waals surface area contributed by atoms with E-state index in [1.165, 1.54) is 98.7 Å². The third kappa shape index (κ3) is 4.25. The zero-order chi connectivity index (χ0) is 38.0. The minimum absolute atomic E-state index is 0.568. The first-order valence-corrected chi connectivity index (χ1v) is 20.2. The Kier molecular flexibility index (Phi) is 6.43. The highest BCUT2D eigenvalue weighted by Crippen LogP contribution is 2.60. The Balaban J connectivity index is 1.16. The summed E-state index contributed by atoms with van der Waals surface area (Å²) in [5.74, 6) is 0. The lowest BCUT2D eigenvalue weighted by Crippen LogP contribution is -2.28. The molecule has 1 heteroatoms. The number of furan rings is 1. The second-order valence-electron chi connectivity index (χ2n) is 16.0. The molecule has 1 aliphatic rings. The van der Waals surface area contributed by atoms with Gasteiger partial charge in [-0.25, -0.2) is 0 Å². The Morgan fingerprint density at radius 2 is 0.914 bits per heavy atom. The van der Waals surface area contributed by atoms with E-state index in [0.29, 0.717) is 0 Å². The van der Waals surface area contributed by atoms with Gasteiger partial charge in [-0.15, -0.1) is 0 Å². The Labute approximate surface area is 335 Å². The van der Waals surface area contributed by atoms with Crippen LogP contribution in [0.1, 0.15) is 22.3 Å². The minimum atomic E-state index is -0.568. The summed E-state index contributed by atoms with van der Waals surface area (Å²) >= 11 is 0. The van der Waals surface area contributed by atoms with Gasteiger partial charge >= 0.3 is 0 Å². The third-order valence-corrected chi connectivity index (χ3v) is 13.0. The van der Waals surface area contributed by atoms with E-state index < -0.39 is 5.41 Å². The predicted molar refractivity (Wildman–Crippen MR) is 243 cm³/mol. The van der Waals surface area contributed by atoms with Crippen LogP contribution in [0.3, 0.4) is 0 Å². The highest BCUT2D eigenvalue weighted by molar-refractivity contribution is 6.24. The molecule has 0 unspecified atom stereocenters. The second kappa shape index (κ2) is 11.8. The van der Waals surface area contributed by atoms with Gasteiger partial charge in [0, 0.05) is 10.8 Å². The maximum Gasteiger partial charge on any atom is 0.135 e. The van der Waals surface area contributed by atoms with Crippen LogP contribution in [0.25, 0.3) is 98.4 Å². The first-order chi connectivity index (χ1) is 28.7. The van der Waals surface area contributed by atoms with Crippen LogP contribution in [-0.4, -0.2) is 0 Å². The molecule has 12 aromatic rings. The van der Waals surface area contributed by atoms with Gasteiger partial charge in [-0.2, -0.15) is 0 Å². The van der Waals surface area contributed by atoms with E-state index in [1.54, 1.807) is 0 Å². The van der Waals surface area contributed by atoms with Crippen LogP contribution in [0.15, 0.2) is 211 Å². The number of hydrogen-bond acceptors (Lipinski definition) is 1. The van der Waals surface area contributed by atoms with E-state index in [-0.39, 0.29) is 0 Å². The fraction of sp³-hybridized carbons (Fsp3) is 0.0175. The van der Waals surface area contributed by atoms with Crippen LogP contribution in [0.5, 0.6) is 0 Å². The molecule has 1 aliphatic carbocycles. The van der Waals surface area contributed by atoms with Gasteiger partial charge in [0.1, 0.15) is 11.2 Å².